The van der Waals surface area contributed by atoms with Crippen LogP contribution < -0.4 is 10.1 Å². The van der Waals surface area contributed by atoms with Crippen LogP contribution in [0.3, 0.4) is 0 Å². The average Bonchev–Trinajstić information content (AvgIpc) is 2.91. The van der Waals surface area contributed by atoms with Gasteiger partial charge in [-0.3, -0.25) is 4.79 Å². The van der Waals surface area contributed by atoms with Gasteiger partial charge in [0, 0.05) is 32.4 Å². The van der Waals surface area contributed by atoms with Crippen molar-refractivity contribution in [2.45, 2.75) is 6.42 Å². The Morgan fingerprint density at radius 3 is 3.00 bits per heavy atom. The number of rotatable bonds is 6. The summed E-state index contributed by atoms with van der Waals surface area (Å²) in [5.74, 6) is 1.10. The molecule has 0 fully saturated rings. The first kappa shape index (κ1) is 14.6. The van der Waals surface area contributed by atoms with Crippen LogP contribution in [0.1, 0.15) is 11.4 Å². The molecule has 0 spiro atoms. The normalized spacial score (nSPS) is 9.90. The van der Waals surface area contributed by atoms with Crippen LogP contribution in [0.15, 0.2) is 36.7 Å². The van der Waals surface area contributed by atoms with E-state index in [0.717, 1.165) is 5.82 Å². The number of hydrogen-bond acceptors (Lipinski definition) is 4. The van der Waals surface area contributed by atoms with Crippen molar-refractivity contribution < 1.29 is 9.53 Å². The molecule has 0 saturated heterocycles. The molecule has 108 valence electrons. The number of carbonyl (C=O) groups excluding carboxylic acids is 1. The summed E-state index contributed by atoms with van der Waals surface area (Å²) in [6, 6.07) is 8.84. The number of nitrogens with zero attached hydrogens (tertiary/aromatic N) is 3. The number of nitrogens with one attached hydrogen (secondary N) is 1. The number of amides is 1. The lowest BCUT2D eigenvalue weighted by atomic mass is 10.2. The quantitative estimate of drug-likeness (QED) is 0.859. The van der Waals surface area contributed by atoms with Crippen LogP contribution in [0.2, 0.25) is 0 Å². The number of nitriles is 1. The number of aromatic nitrogens is 2. The van der Waals surface area contributed by atoms with Gasteiger partial charge in [0.1, 0.15) is 17.6 Å². The van der Waals surface area contributed by atoms with Crippen LogP contribution in [0, 0.1) is 11.3 Å². The van der Waals surface area contributed by atoms with E-state index in [1.54, 1.807) is 30.5 Å². The number of carbonyl (C=O) groups is 1. The summed E-state index contributed by atoms with van der Waals surface area (Å²) >= 11 is 0. The van der Waals surface area contributed by atoms with Gasteiger partial charge in [0.2, 0.25) is 0 Å². The van der Waals surface area contributed by atoms with Crippen LogP contribution in [0.25, 0.3) is 0 Å². The largest absolute Gasteiger partial charge is 0.482 e. The Hall–Kier alpha value is -2.81. The van der Waals surface area contributed by atoms with Crippen LogP contribution in [-0.2, 0) is 18.3 Å². The average molecular weight is 284 g/mol. The first-order chi connectivity index (χ1) is 10.2. The highest BCUT2D eigenvalue weighted by molar-refractivity contribution is 5.77. The van der Waals surface area contributed by atoms with Gasteiger partial charge in [-0.2, -0.15) is 5.26 Å². The van der Waals surface area contributed by atoms with Gasteiger partial charge in [0.15, 0.2) is 6.61 Å². The maximum atomic E-state index is 11.7. The zero-order chi connectivity index (χ0) is 15.1. The first-order valence-electron chi connectivity index (χ1n) is 6.55. The Bertz CT molecular complexity index is 658. The predicted octanol–water partition coefficient (Wildman–Crippen LogP) is 1.03. The maximum absolute atomic E-state index is 11.7. The van der Waals surface area contributed by atoms with E-state index in [1.165, 1.54) is 0 Å². The summed E-state index contributed by atoms with van der Waals surface area (Å²) in [7, 11) is 1.91. The third kappa shape index (κ3) is 4.08. The number of imidazole rings is 1. The number of hydrogen-bond donors (Lipinski definition) is 1. The molecule has 1 aromatic heterocycles. The minimum atomic E-state index is -0.225. The smallest absolute Gasteiger partial charge is 0.257 e. The summed E-state index contributed by atoms with van der Waals surface area (Å²) in [6.07, 6.45) is 4.24. The summed E-state index contributed by atoms with van der Waals surface area (Å²) in [5.41, 5.74) is 0.415. The summed E-state index contributed by atoms with van der Waals surface area (Å²) < 4.78 is 7.25. The molecule has 0 unspecified atom stereocenters. The SMILES string of the molecule is Cn1ccnc1CCNC(=O)COc1ccccc1C#N. The summed E-state index contributed by atoms with van der Waals surface area (Å²) in [5, 5.41) is 11.7. The van der Waals surface area contributed by atoms with E-state index >= 15 is 0 Å². The van der Waals surface area contributed by atoms with Gasteiger partial charge < -0.3 is 14.6 Å². The Labute approximate surface area is 123 Å². The molecule has 6 heteroatoms. The number of ether oxygens (including phenoxy) is 1. The fraction of sp³-hybridized carbons (Fsp3) is 0.267. The first-order valence-corrected chi connectivity index (χ1v) is 6.55. The molecule has 0 aliphatic carbocycles. The van der Waals surface area contributed by atoms with Gasteiger partial charge >= 0.3 is 0 Å². The molecular weight excluding hydrogens is 268 g/mol. The minimum Gasteiger partial charge on any atom is -0.482 e. The zero-order valence-electron chi connectivity index (χ0n) is 11.7. The van der Waals surface area contributed by atoms with Gasteiger partial charge in [-0.15, -0.1) is 0 Å². The Morgan fingerprint density at radius 1 is 1.48 bits per heavy atom. The lowest BCUT2D eigenvalue weighted by Gasteiger charge is -2.08. The standard InChI is InChI=1S/C15H16N4O2/c1-19-9-8-17-14(19)6-7-18-15(20)11-21-13-5-3-2-4-12(13)10-16/h2-5,8-9H,6-7,11H2,1H3,(H,18,20). The molecule has 2 rings (SSSR count). The van der Waals surface area contributed by atoms with E-state index in [1.807, 2.05) is 23.9 Å². The zero-order valence-corrected chi connectivity index (χ0v) is 11.7. The summed E-state index contributed by atoms with van der Waals surface area (Å²) in [6.45, 7) is 0.381. The second kappa shape index (κ2) is 7.10. The Balaban J connectivity index is 1.75. The van der Waals surface area contributed by atoms with Crippen LogP contribution in [-0.4, -0.2) is 28.6 Å². The molecule has 0 bridgehead atoms. The number of aryl methyl sites for hydroxylation is 1. The molecule has 0 atom stereocenters. The van der Waals surface area contributed by atoms with E-state index in [-0.39, 0.29) is 12.5 Å². The Morgan fingerprint density at radius 2 is 2.29 bits per heavy atom. The van der Waals surface area contributed by atoms with E-state index in [9.17, 15) is 4.79 Å². The number of para-hydroxylation sites is 1. The third-order valence-corrected chi connectivity index (χ3v) is 2.96. The van der Waals surface area contributed by atoms with E-state index in [0.29, 0.717) is 24.3 Å². The van der Waals surface area contributed by atoms with Crippen molar-refractivity contribution in [3.63, 3.8) is 0 Å². The van der Waals surface area contributed by atoms with Gasteiger partial charge in [-0.1, -0.05) is 12.1 Å². The van der Waals surface area contributed by atoms with Crippen LogP contribution in [0.4, 0.5) is 0 Å². The van der Waals surface area contributed by atoms with Crippen molar-refractivity contribution in [1.29, 1.82) is 5.26 Å². The molecule has 1 heterocycles. The molecule has 1 amide bonds. The minimum absolute atomic E-state index is 0.112. The predicted molar refractivity (Wildman–Crippen MR) is 76.6 cm³/mol. The topological polar surface area (TPSA) is 79.9 Å². The molecule has 1 N–H and O–H groups in total. The lowest BCUT2D eigenvalue weighted by molar-refractivity contribution is -0.123. The number of benzene rings is 1. The fourth-order valence-corrected chi connectivity index (χ4v) is 1.83. The third-order valence-electron chi connectivity index (χ3n) is 2.96. The highest BCUT2D eigenvalue weighted by atomic mass is 16.5. The monoisotopic (exact) mass is 284 g/mol. The highest BCUT2D eigenvalue weighted by Gasteiger charge is 2.06. The molecule has 0 aliphatic rings. The molecule has 0 saturated carbocycles. The maximum Gasteiger partial charge on any atom is 0.257 e. The molecule has 2 aromatic rings. The van der Waals surface area contributed by atoms with Gasteiger partial charge in [0.05, 0.1) is 5.56 Å². The lowest BCUT2D eigenvalue weighted by Crippen LogP contribution is -2.31. The van der Waals surface area contributed by atoms with E-state index in [4.69, 9.17) is 10.00 Å². The molecule has 21 heavy (non-hydrogen) atoms. The van der Waals surface area contributed by atoms with Crippen LogP contribution >= 0.6 is 0 Å². The summed E-state index contributed by atoms with van der Waals surface area (Å²) in [4.78, 5) is 15.9. The highest BCUT2D eigenvalue weighted by Crippen LogP contribution is 2.15. The van der Waals surface area contributed by atoms with Gasteiger partial charge in [0.25, 0.3) is 5.91 Å². The Kier molecular flexibility index (Phi) is 4.94. The van der Waals surface area contributed by atoms with Crippen molar-refractivity contribution in [3.05, 3.63) is 48.0 Å². The van der Waals surface area contributed by atoms with Crippen LogP contribution in [0.5, 0.6) is 5.75 Å². The van der Waals surface area contributed by atoms with Crippen molar-refractivity contribution in [1.82, 2.24) is 14.9 Å². The van der Waals surface area contributed by atoms with Crippen molar-refractivity contribution in [2.75, 3.05) is 13.2 Å². The molecular formula is C15H16N4O2. The van der Waals surface area contributed by atoms with Crippen molar-refractivity contribution >= 4 is 5.91 Å². The van der Waals surface area contributed by atoms with Crippen molar-refractivity contribution in [3.8, 4) is 11.8 Å². The van der Waals surface area contributed by atoms with E-state index in [2.05, 4.69) is 10.3 Å². The molecule has 1 aromatic carbocycles. The molecule has 0 aliphatic heterocycles. The second-order valence-corrected chi connectivity index (χ2v) is 4.45. The van der Waals surface area contributed by atoms with Gasteiger partial charge in [-0.05, 0) is 12.1 Å². The van der Waals surface area contributed by atoms with Gasteiger partial charge in [-0.25, -0.2) is 4.98 Å². The molecule has 0 radical (unpaired) electrons. The fourth-order valence-electron chi connectivity index (χ4n) is 1.83. The van der Waals surface area contributed by atoms with E-state index < -0.39 is 0 Å². The second-order valence-electron chi connectivity index (χ2n) is 4.45. The molecule has 6 nitrogen and oxygen atoms in total. The van der Waals surface area contributed by atoms with Crippen molar-refractivity contribution in [2.24, 2.45) is 7.05 Å².